The van der Waals surface area contributed by atoms with Gasteiger partial charge in [-0.15, -0.1) is 0 Å². The summed E-state index contributed by atoms with van der Waals surface area (Å²) in [6.07, 6.45) is 2.89. The molecule has 0 aromatic heterocycles. The first-order chi connectivity index (χ1) is 8.86. The van der Waals surface area contributed by atoms with E-state index in [0.717, 1.165) is 5.56 Å². The predicted molar refractivity (Wildman–Crippen MR) is 71.1 cm³/mol. The van der Waals surface area contributed by atoms with Crippen molar-refractivity contribution in [2.24, 2.45) is 0 Å². The van der Waals surface area contributed by atoms with Crippen molar-refractivity contribution < 1.29 is 9.53 Å². The molecule has 0 radical (unpaired) electrons. The number of allylic oxidation sites excluding steroid dienone is 1. The van der Waals surface area contributed by atoms with E-state index >= 15 is 0 Å². The fourth-order valence-corrected chi connectivity index (χ4v) is 1.53. The highest BCUT2D eigenvalue weighted by atomic mass is 16.5. The molecule has 2 aromatic carbocycles. The minimum absolute atomic E-state index is 0.0522. The van der Waals surface area contributed by atoms with Crippen LogP contribution in [0.3, 0.4) is 0 Å². The molecule has 2 nitrogen and oxygen atoms in total. The molecule has 0 amide bonds. The van der Waals surface area contributed by atoms with Crippen molar-refractivity contribution in [2.75, 3.05) is 0 Å². The first-order valence-electron chi connectivity index (χ1n) is 5.78. The van der Waals surface area contributed by atoms with Crippen LogP contribution in [0.1, 0.15) is 15.9 Å². The fourth-order valence-electron chi connectivity index (χ4n) is 1.53. The molecular formula is C16H14O2. The molecular weight excluding hydrogens is 224 g/mol. The maximum absolute atomic E-state index is 11.7. The van der Waals surface area contributed by atoms with Crippen molar-refractivity contribution in [2.45, 2.75) is 6.61 Å². The third-order valence-corrected chi connectivity index (χ3v) is 2.47. The molecule has 90 valence electrons. The van der Waals surface area contributed by atoms with Gasteiger partial charge in [0.1, 0.15) is 6.61 Å². The lowest BCUT2D eigenvalue weighted by Gasteiger charge is -2.00. The summed E-state index contributed by atoms with van der Waals surface area (Å²) in [5.74, 6) is -0.0522. The molecule has 0 aliphatic rings. The highest BCUT2D eigenvalue weighted by Gasteiger charge is 1.98. The molecule has 0 atom stereocenters. The molecule has 0 saturated carbocycles. The third kappa shape index (κ3) is 3.59. The van der Waals surface area contributed by atoms with Crippen LogP contribution in [0.5, 0.6) is 0 Å². The molecule has 0 saturated heterocycles. The monoisotopic (exact) mass is 238 g/mol. The maximum atomic E-state index is 11.7. The van der Waals surface area contributed by atoms with Gasteiger partial charge in [-0.2, -0.15) is 0 Å². The van der Waals surface area contributed by atoms with E-state index in [-0.39, 0.29) is 5.78 Å². The Balaban J connectivity index is 1.84. The first-order valence-corrected chi connectivity index (χ1v) is 5.78. The van der Waals surface area contributed by atoms with Crippen molar-refractivity contribution in [3.05, 3.63) is 84.1 Å². The van der Waals surface area contributed by atoms with Gasteiger partial charge in [-0.3, -0.25) is 4.79 Å². The second kappa shape index (κ2) is 6.40. The summed E-state index contributed by atoms with van der Waals surface area (Å²) in [7, 11) is 0. The lowest BCUT2D eigenvalue weighted by Crippen LogP contribution is -1.94. The van der Waals surface area contributed by atoms with Crippen LogP contribution in [0.15, 0.2) is 73.0 Å². The molecule has 2 aromatic rings. The van der Waals surface area contributed by atoms with Crippen LogP contribution in [-0.4, -0.2) is 5.78 Å². The Kier molecular flexibility index (Phi) is 4.31. The van der Waals surface area contributed by atoms with E-state index < -0.39 is 0 Å². The number of rotatable bonds is 5. The molecule has 2 heteroatoms. The van der Waals surface area contributed by atoms with Gasteiger partial charge in [0.05, 0.1) is 6.26 Å². The first kappa shape index (κ1) is 12.1. The van der Waals surface area contributed by atoms with Gasteiger partial charge in [0, 0.05) is 11.6 Å². The Hall–Kier alpha value is -2.35. The van der Waals surface area contributed by atoms with Gasteiger partial charge in [0.25, 0.3) is 0 Å². The quantitative estimate of drug-likeness (QED) is 0.452. The van der Waals surface area contributed by atoms with Crippen molar-refractivity contribution in [3.8, 4) is 0 Å². The Bertz CT molecular complexity index is 515. The zero-order chi connectivity index (χ0) is 12.6. The molecule has 18 heavy (non-hydrogen) atoms. The van der Waals surface area contributed by atoms with Crippen LogP contribution in [0, 0.1) is 0 Å². The van der Waals surface area contributed by atoms with E-state index in [2.05, 4.69) is 0 Å². The van der Waals surface area contributed by atoms with E-state index in [9.17, 15) is 4.79 Å². The summed E-state index contributed by atoms with van der Waals surface area (Å²) in [5, 5.41) is 0. The topological polar surface area (TPSA) is 26.3 Å². The van der Waals surface area contributed by atoms with Crippen molar-refractivity contribution in [1.82, 2.24) is 0 Å². The molecule has 2 rings (SSSR count). The molecule has 0 aliphatic heterocycles. The Morgan fingerprint density at radius 3 is 2.22 bits per heavy atom. The van der Waals surface area contributed by atoms with E-state index in [1.807, 2.05) is 48.5 Å². The SMILES string of the molecule is O=C(C=COCc1ccccc1)c1ccccc1. The lowest BCUT2D eigenvalue weighted by molar-refractivity contribution is 0.104. The molecule has 0 N–H and O–H groups in total. The van der Waals surface area contributed by atoms with E-state index in [4.69, 9.17) is 4.74 Å². The van der Waals surface area contributed by atoms with Crippen LogP contribution < -0.4 is 0 Å². The highest BCUT2D eigenvalue weighted by molar-refractivity contribution is 6.04. The summed E-state index contributed by atoms with van der Waals surface area (Å²) in [5.41, 5.74) is 1.74. The minimum atomic E-state index is -0.0522. The normalized spacial score (nSPS) is 10.4. The summed E-state index contributed by atoms with van der Waals surface area (Å²) in [6.45, 7) is 0.472. The lowest BCUT2D eigenvalue weighted by atomic mass is 10.1. The standard InChI is InChI=1S/C16H14O2/c17-16(15-9-5-2-6-10-15)11-12-18-13-14-7-3-1-4-8-14/h1-12H,13H2. The second-order valence-electron chi connectivity index (χ2n) is 3.83. The average Bonchev–Trinajstić information content (AvgIpc) is 2.45. The maximum Gasteiger partial charge on any atom is 0.188 e. The van der Waals surface area contributed by atoms with Crippen molar-refractivity contribution in [1.29, 1.82) is 0 Å². The zero-order valence-corrected chi connectivity index (χ0v) is 9.95. The van der Waals surface area contributed by atoms with E-state index in [1.165, 1.54) is 12.3 Å². The average molecular weight is 238 g/mol. The molecule has 0 fully saturated rings. The highest BCUT2D eigenvalue weighted by Crippen LogP contribution is 2.03. The number of carbonyl (C=O) groups excluding carboxylic acids is 1. The zero-order valence-electron chi connectivity index (χ0n) is 9.95. The summed E-state index contributed by atoms with van der Waals surface area (Å²) < 4.78 is 5.31. The number of hydrogen-bond acceptors (Lipinski definition) is 2. The van der Waals surface area contributed by atoms with Crippen LogP contribution in [-0.2, 0) is 11.3 Å². The minimum Gasteiger partial charge on any atom is -0.496 e. The molecule has 0 heterocycles. The van der Waals surface area contributed by atoms with Gasteiger partial charge in [-0.1, -0.05) is 60.7 Å². The van der Waals surface area contributed by atoms with Gasteiger partial charge >= 0.3 is 0 Å². The third-order valence-electron chi connectivity index (χ3n) is 2.47. The predicted octanol–water partition coefficient (Wildman–Crippen LogP) is 3.60. The van der Waals surface area contributed by atoms with Gasteiger partial charge in [-0.05, 0) is 5.56 Å². The molecule has 0 unspecified atom stereocenters. The summed E-state index contributed by atoms with van der Waals surface area (Å²) >= 11 is 0. The van der Waals surface area contributed by atoms with Crippen LogP contribution >= 0.6 is 0 Å². The van der Waals surface area contributed by atoms with Crippen LogP contribution in [0.25, 0.3) is 0 Å². The fraction of sp³-hybridized carbons (Fsp3) is 0.0625. The van der Waals surface area contributed by atoms with Gasteiger partial charge in [0.15, 0.2) is 5.78 Å². The summed E-state index contributed by atoms with van der Waals surface area (Å²) in [4.78, 5) is 11.7. The van der Waals surface area contributed by atoms with Crippen LogP contribution in [0.4, 0.5) is 0 Å². The van der Waals surface area contributed by atoms with Gasteiger partial charge in [0.2, 0.25) is 0 Å². The number of hydrogen-bond donors (Lipinski definition) is 0. The largest absolute Gasteiger partial charge is 0.496 e. The Morgan fingerprint density at radius 2 is 1.56 bits per heavy atom. The molecule has 0 bridgehead atoms. The molecule has 0 spiro atoms. The van der Waals surface area contributed by atoms with Gasteiger partial charge in [-0.25, -0.2) is 0 Å². The Labute approximate surface area is 107 Å². The number of ketones is 1. The van der Waals surface area contributed by atoms with Crippen molar-refractivity contribution >= 4 is 5.78 Å². The smallest absolute Gasteiger partial charge is 0.188 e. The number of ether oxygens (including phenoxy) is 1. The number of carbonyl (C=O) groups is 1. The second-order valence-corrected chi connectivity index (χ2v) is 3.83. The van der Waals surface area contributed by atoms with Gasteiger partial charge < -0.3 is 4.74 Å². The number of benzene rings is 2. The van der Waals surface area contributed by atoms with E-state index in [1.54, 1.807) is 12.1 Å². The van der Waals surface area contributed by atoms with Crippen LogP contribution in [0.2, 0.25) is 0 Å². The van der Waals surface area contributed by atoms with Crippen molar-refractivity contribution in [3.63, 3.8) is 0 Å². The Morgan fingerprint density at radius 1 is 0.944 bits per heavy atom. The summed E-state index contributed by atoms with van der Waals surface area (Å²) in [6, 6.07) is 18.9. The van der Waals surface area contributed by atoms with E-state index in [0.29, 0.717) is 12.2 Å². The molecule has 0 aliphatic carbocycles.